The quantitative estimate of drug-likeness (QED) is 0.752. The number of aromatic nitrogens is 2. The average Bonchev–Trinajstić information content (AvgIpc) is 3.44. The number of carbonyl (C=O) groups is 3. The van der Waals surface area contributed by atoms with Crippen LogP contribution < -0.4 is 5.32 Å². The predicted octanol–water partition coefficient (Wildman–Crippen LogP) is 2.02. The van der Waals surface area contributed by atoms with Gasteiger partial charge in [0, 0.05) is 17.6 Å². The van der Waals surface area contributed by atoms with Crippen LogP contribution in [0.3, 0.4) is 0 Å². The Hall–Kier alpha value is -2.87. The minimum absolute atomic E-state index is 0.0262. The minimum atomic E-state index is -1.11. The SMILES string of the molecule is COC(=O)c1ncn2c1C(=O)N(C1CC1)C(C)(C(=O)NCc1ccccc1Cl)C2. The molecule has 2 heterocycles. The van der Waals surface area contributed by atoms with E-state index < -0.39 is 11.5 Å². The van der Waals surface area contributed by atoms with Crippen LogP contribution in [0, 0.1) is 0 Å². The highest BCUT2D eigenvalue weighted by molar-refractivity contribution is 6.31. The molecular weight excluding hydrogens is 396 g/mol. The van der Waals surface area contributed by atoms with Crippen LogP contribution in [0.4, 0.5) is 0 Å². The van der Waals surface area contributed by atoms with Gasteiger partial charge in [0.2, 0.25) is 5.91 Å². The number of imidazole rings is 1. The highest BCUT2D eigenvalue weighted by Crippen LogP contribution is 2.39. The van der Waals surface area contributed by atoms with Gasteiger partial charge in [-0.05, 0) is 31.4 Å². The molecule has 1 unspecified atom stereocenters. The summed E-state index contributed by atoms with van der Waals surface area (Å²) in [5.74, 6) is -1.33. The van der Waals surface area contributed by atoms with Crippen molar-refractivity contribution in [3.8, 4) is 0 Å². The molecule has 1 fully saturated rings. The average molecular weight is 417 g/mol. The van der Waals surface area contributed by atoms with E-state index in [0.717, 1.165) is 18.4 Å². The summed E-state index contributed by atoms with van der Waals surface area (Å²) in [5, 5.41) is 3.48. The fraction of sp³-hybridized carbons (Fsp3) is 0.400. The van der Waals surface area contributed by atoms with E-state index in [1.54, 1.807) is 22.5 Å². The molecular formula is C20H21ClN4O4. The van der Waals surface area contributed by atoms with Gasteiger partial charge in [-0.2, -0.15) is 0 Å². The molecule has 2 amide bonds. The maximum absolute atomic E-state index is 13.3. The third-order valence-corrected chi connectivity index (χ3v) is 5.81. The number of benzene rings is 1. The minimum Gasteiger partial charge on any atom is -0.464 e. The summed E-state index contributed by atoms with van der Waals surface area (Å²) < 4.78 is 6.30. The Balaban J connectivity index is 1.64. The van der Waals surface area contributed by atoms with Gasteiger partial charge in [-0.25, -0.2) is 9.78 Å². The van der Waals surface area contributed by atoms with Crippen molar-refractivity contribution in [1.82, 2.24) is 19.8 Å². The van der Waals surface area contributed by atoms with Crippen LogP contribution in [0.1, 0.15) is 46.3 Å². The number of nitrogens with zero attached hydrogens (tertiary/aromatic N) is 3. The predicted molar refractivity (Wildman–Crippen MR) is 104 cm³/mol. The van der Waals surface area contributed by atoms with Crippen molar-refractivity contribution in [2.24, 2.45) is 0 Å². The zero-order chi connectivity index (χ0) is 20.8. The molecule has 1 atom stereocenters. The normalized spacial score (nSPS) is 20.9. The number of hydrogen-bond acceptors (Lipinski definition) is 5. The van der Waals surface area contributed by atoms with Gasteiger partial charge in [-0.15, -0.1) is 0 Å². The van der Waals surface area contributed by atoms with Crippen LogP contribution in [0.2, 0.25) is 5.02 Å². The Morgan fingerprint density at radius 3 is 2.72 bits per heavy atom. The first-order valence-corrected chi connectivity index (χ1v) is 9.73. The maximum Gasteiger partial charge on any atom is 0.359 e. The lowest BCUT2D eigenvalue weighted by molar-refractivity contribution is -0.133. The molecule has 0 bridgehead atoms. The lowest BCUT2D eigenvalue weighted by Gasteiger charge is -2.44. The second kappa shape index (κ2) is 7.18. The lowest BCUT2D eigenvalue weighted by Crippen LogP contribution is -2.64. The molecule has 29 heavy (non-hydrogen) atoms. The second-order valence-electron chi connectivity index (χ2n) is 7.52. The highest BCUT2D eigenvalue weighted by Gasteiger charge is 2.53. The summed E-state index contributed by atoms with van der Waals surface area (Å²) in [5.41, 5.74) is -0.176. The van der Waals surface area contributed by atoms with E-state index >= 15 is 0 Å². The fourth-order valence-electron chi connectivity index (χ4n) is 3.81. The standard InChI is InChI=1S/C20H21ClN4O4/c1-20(19(28)22-9-12-5-3-4-6-14(12)21)10-24-11-23-15(18(27)29-2)16(24)17(26)25(20)13-7-8-13/h3-6,11,13H,7-10H2,1-2H3,(H,22,28). The monoisotopic (exact) mass is 416 g/mol. The molecule has 1 N–H and O–H groups in total. The van der Waals surface area contributed by atoms with E-state index in [0.29, 0.717) is 5.02 Å². The number of methoxy groups -OCH3 is 1. The van der Waals surface area contributed by atoms with E-state index in [2.05, 4.69) is 10.3 Å². The first-order chi connectivity index (χ1) is 13.9. The summed E-state index contributed by atoms with van der Waals surface area (Å²) in [6.07, 6.45) is 3.05. The Labute approximate surface area is 172 Å². The highest BCUT2D eigenvalue weighted by atomic mass is 35.5. The van der Waals surface area contributed by atoms with E-state index in [4.69, 9.17) is 16.3 Å². The molecule has 1 aliphatic heterocycles. The van der Waals surface area contributed by atoms with Crippen LogP contribution in [-0.4, -0.2) is 50.9 Å². The molecule has 2 aliphatic rings. The number of halogens is 1. The van der Waals surface area contributed by atoms with Crippen molar-refractivity contribution in [2.45, 2.75) is 44.4 Å². The number of ether oxygens (including phenoxy) is 1. The summed E-state index contributed by atoms with van der Waals surface area (Å²) in [7, 11) is 1.24. The van der Waals surface area contributed by atoms with E-state index in [-0.39, 0.29) is 42.3 Å². The molecule has 1 saturated carbocycles. The number of carbonyl (C=O) groups excluding carboxylic acids is 3. The smallest absolute Gasteiger partial charge is 0.359 e. The van der Waals surface area contributed by atoms with Crippen LogP contribution in [0.25, 0.3) is 0 Å². The van der Waals surface area contributed by atoms with E-state index in [1.807, 2.05) is 18.2 Å². The molecule has 8 nitrogen and oxygen atoms in total. The molecule has 2 aromatic rings. The van der Waals surface area contributed by atoms with Gasteiger partial charge in [0.25, 0.3) is 5.91 Å². The first kappa shape index (κ1) is 19.4. The molecule has 0 spiro atoms. The van der Waals surface area contributed by atoms with Crippen molar-refractivity contribution < 1.29 is 19.1 Å². The Morgan fingerprint density at radius 2 is 2.07 bits per heavy atom. The summed E-state index contributed by atoms with van der Waals surface area (Å²) in [6, 6.07) is 7.24. The number of fused-ring (bicyclic) bond motifs is 1. The van der Waals surface area contributed by atoms with Gasteiger partial charge in [0.15, 0.2) is 5.69 Å². The lowest BCUT2D eigenvalue weighted by atomic mass is 9.93. The van der Waals surface area contributed by atoms with Crippen LogP contribution in [0.15, 0.2) is 30.6 Å². The molecule has 0 radical (unpaired) electrons. The third kappa shape index (κ3) is 3.27. The Bertz CT molecular complexity index is 1000. The molecule has 9 heteroatoms. The molecule has 0 saturated heterocycles. The molecule has 152 valence electrons. The van der Waals surface area contributed by atoms with Gasteiger partial charge in [-0.1, -0.05) is 29.8 Å². The Morgan fingerprint density at radius 1 is 1.34 bits per heavy atom. The van der Waals surface area contributed by atoms with Gasteiger partial charge in [0.1, 0.15) is 11.2 Å². The fourth-order valence-corrected chi connectivity index (χ4v) is 4.01. The Kier molecular flexibility index (Phi) is 4.82. The van der Waals surface area contributed by atoms with E-state index in [9.17, 15) is 14.4 Å². The molecule has 1 aromatic heterocycles. The molecule has 4 rings (SSSR count). The molecule has 1 aromatic carbocycles. The van der Waals surface area contributed by atoms with Crippen molar-refractivity contribution in [3.05, 3.63) is 52.6 Å². The summed E-state index contributed by atoms with van der Waals surface area (Å²) in [4.78, 5) is 44.2. The van der Waals surface area contributed by atoms with Crippen LogP contribution in [-0.2, 0) is 22.6 Å². The summed E-state index contributed by atoms with van der Waals surface area (Å²) >= 11 is 6.18. The van der Waals surface area contributed by atoms with Crippen LogP contribution in [0.5, 0.6) is 0 Å². The maximum atomic E-state index is 13.3. The first-order valence-electron chi connectivity index (χ1n) is 9.35. The number of esters is 1. The van der Waals surface area contributed by atoms with Gasteiger partial charge in [0.05, 0.1) is 20.0 Å². The topological polar surface area (TPSA) is 93.5 Å². The zero-order valence-electron chi connectivity index (χ0n) is 16.1. The van der Waals surface area contributed by atoms with Crippen molar-refractivity contribution >= 4 is 29.4 Å². The number of nitrogens with one attached hydrogen (secondary N) is 1. The van der Waals surface area contributed by atoms with Crippen molar-refractivity contribution in [3.63, 3.8) is 0 Å². The third-order valence-electron chi connectivity index (χ3n) is 5.45. The summed E-state index contributed by atoms with van der Waals surface area (Å²) in [6.45, 7) is 2.19. The zero-order valence-corrected chi connectivity index (χ0v) is 16.9. The molecule has 1 aliphatic carbocycles. The number of hydrogen-bond donors (Lipinski definition) is 1. The second-order valence-corrected chi connectivity index (χ2v) is 7.92. The van der Waals surface area contributed by atoms with Gasteiger partial charge in [-0.3, -0.25) is 9.59 Å². The number of amides is 2. The van der Waals surface area contributed by atoms with Gasteiger partial charge < -0.3 is 19.5 Å². The van der Waals surface area contributed by atoms with Crippen molar-refractivity contribution in [2.75, 3.05) is 7.11 Å². The number of rotatable bonds is 5. The van der Waals surface area contributed by atoms with Crippen molar-refractivity contribution in [1.29, 1.82) is 0 Å². The van der Waals surface area contributed by atoms with Crippen LogP contribution >= 0.6 is 11.6 Å². The van der Waals surface area contributed by atoms with Gasteiger partial charge >= 0.3 is 5.97 Å². The van der Waals surface area contributed by atoms with E-state index in [1.165, 1.54) is 13.4 Å². The largest absolute Gasteiger partial charge is 0.464 e.